The first kappa shape index (κ1) is 16.1. The lowest BCUT2D eigenvalue weighted by molar-refractivity contribution is -0.127. The largest absolute Gasteiger partial charge is 0.363 e. The molecule has 1 amide bonds. The molecular weight excluding hydrogens is 257 g/mol. The highest BCUT2D eigenvalue weighted by atomic mass is 19.1. The predicted molar refractivity (Wildman–Crippen MR) is 80.0 cm³/mol. The van der Waals surface area contributed by atoms with Gasteiger partial charge in [0.05, 0.1) is 0 Å². The third-order valence-corrected chi connectivity index (χ3v) is 3.03. The van der Waals surface area contributed by atoms with Crippen molar-refractivity contribution in [2.75, 3.05) is 13.1 Å². The highest BCUT2D eigenvalue weighted by Crippen LogP contribution is 2.12. The number of hydrogen-bond acceptors (Lipinski definition) is 2. The van der Waals surface area contributed by atoms with E-state index in [9.17, 15) is 9.18 Å². The minimum atomic E-state index is -0.417. The average Bonchev–Trinajstić information content (AvgIpc) is 2.44. The fourth-order valence-electron chi connectivity index (χ4n) is 2.10. The number of halogens is 1. The number of amides is 1. The van der Waals surface area contributed by atoms with Crippen molar-refractivity contribution in [1.82, 2.24) is 10.2 Å². The van der Waals surface area contributed by atoms with Crippen LogP contribution in [0.2, 0.25) is 0 Å². The van der Waals surface area contributed by atoms with Crippen molar-refractivity contribution in [3.8, 4) is 0 Å². The van der Waals surface area contributed by atoms with Gasteiger partial charge in [-0.05, 0) is 38.8 Å². The number of likely N-dealkylation sites (tertiary alicyclic amines) is 1. The molecule has 1 rings (SSSR count). The summed E-state index contributed by atoms with van der Waals surface area (Å²) in [7, 11) is 0. The molecule has 1 fully saturated rings. The molecule has 1 saturated heterocycles. The molecule has 1 aliphatic heterocycles. The molecule has 0 unspecified atom stereocenters. The zero-order chi connectivity index (χ0) is 15.1. The topological polar surface area (TPSA) is 44.7 Å². The zero-order valence-electron chi connectivity index (χ0n) is 12.2. The standard InChI is InChI=1S/C15H22FN3O/c1-5-13(16)15(17-11(3)4)18-12-8-7-9-19(10-12)14(20)6-2/h5-6,12H,2-3,7-10H2,1,4H3,(H,17,18)/b13-5+/t12-/m1/s1. The summed E-state index contributed by atoms with van der Waals surface area (Å²) in [5, 5.41) is 3.06. The second-order valence-electron chi connectivity index (χ2n) is 4.80. The number of amidine groups is 1. The Morgan fingerprint density at radius 1 is 1.55 bits per heavy atom. The van der Waals surface area contributed by atoms with Crippen molar-refractivity contribution in [3.05, 3.63) is 36.8 Å². The van der Waals surface area contributed by atoms with E-state index in [4.69, 9.17) is 0 Å². The highest BCUT2D eigenvalue weighted by Gasteiger charge is 2.23. The molecule has 4 nitrogen and oxygen atoms in total. The first-order valence-corrected chi connectivity index (χ1v) is 6.72. The minimum Gasteiger partial charge on any atom is -0.363 e. The molecule has 0 radical (unpaired) electrons. The summed E-state index contributed by atoms with van der Waals surface area (Å²) < 4.78 is 13.8. The van der Waals surface area contributed by atoms with Crippen molar-refractivity contribution in [3.63, 3.8) is 0 Å². The van der Waals surface area contributed by atoms with Crippen LogP contribution in [0.25, 0.3) is 0 Å². The molecule has 0 spiro atoms. The molecule has 0 saturated carbocycles. The molecule has 20 heavy (non-hydrogen) atoms. The molecule has 0 aliphatic carbocycles. The van der Waals surface area contributed by atoms with Gasteiger partial charge >= 0.3 is 0 Å². The number of carbonyl (C=O) groups is 1. The summed E-state index contributed by atoms with van der Waals surface area (Å²) >= 11 is 0. The van der Waals surface area contributed by atoms with E-state index in [1.165, 1.54) is 12.2 Å². The van der Waals surface area contributed by atoms with Gasteiger partial charge < -0.3 is 10.2 Å². The number of aliphatic imine (C=N–C) groups is 1. The van der Waals surface area contributed by atoms with Crippen LogP contribution in [-0.2, 0) is 4.79 Å². The van der Waals surface area contributed by atoms with Crippen LogP contribution in [0.1, 0.15) is 26.7 Å². The van der Waals surface area contributed by atoms with Gasteiger partial charge in [-0.1, -0.05) is 13.2 Å². The number of hydrogen-bond donors (Lipinski definition) is 1. The first-order valence-electron chi connectivity index (χ1n) is 6.72. The maximum absolute atomic E-state index is 13.8. The summed E-state index contributed by atoms with van der Waals surface area (Å²) in [6.07, 6.45) is 4.39. The average molecular weight is 279 g/mol. The van der Waals surface area contributed by atoms with Gasteiger partial charge in [-0.25, -0.2) is 9.38 Å². The van der Waals surface area contributed by atoms with E-state index in [0.29, 0.717) is 18.8 Å². The van der Waals surface area contributed by atoms with Crippen molar-refractivity contribution < 1.29 is 9.18 Å². The Balaban J connectivity index is 2.76. The summed E-state index contributed by atoms with van der Waals surface area (Å²) in [5.41, 5.74) is 0.527. The van der Waals surface area contributed by atoms with Crippen LogP contribution in [-0.4, -0.2) is 35.8 Å². The summed E-state index contributed by atoms with van der Waals surface area (Å²) in [6.45, 7) is 11.7. The van der Waals surface area contributed by atoms with Crippen molar-refractivity contribution >= 4 is 11.7 Å². The van der Waals surface area contributed by atoms with Gasteiger partial charge in [0.25, 0.3) is 0 Å². The van der Waals surface area contributed by atoms with Crippen LogP contribution in [0.15, 0.2) is 41.8 Å². The molecule has 0 aromatic heterocycles. The molecule has 1 N–H and O–H groups in total. The van der Waals surface area contributed by atoms with Gasteiger partial charge in [-0.2, -0.15) is 0 Å². The van der Waals surface area contributed by atoms with Crippen LogP contribution in [0.5, 0.6) is 0 Å². The Morgan fingerprint density at radius 2 is 2.25 bits per heavy atom. The van der Waals surface area contributed by atoms with Gasteiger partial charge in [0, 0.05) is 24.8 Å². The number of nitrogens with one attached hydrogen (secondary N) is 1. The molecule has 0 aromatic carbocycles. The van der Waals surface area contributed by atoms with Crippen molar-refractivity contribution in [2.45, 2.75) is 32.7 Å². The number of carbonyl (C=O) groups excluding carboxylic acids is 1. The molecular formula is C15H22FN3O. The number of piperidine rings is 1. The Hall–Kier alpha value is -1.91. The third-order valence-electron chi connectivity index (χ3n) is 3.03. The SMILES string of the molecule is C=CC(=O)N1CCC[C@@H](NC(=N/C(=C)C)/C(F)=C\C)C1. The van der Waals surface area contributed by atoms with Crippen LogP contribution < -0.4 is 5.32 Å². The van der Waals surface area contributed by atoms with E-state index in [1.807, 2.05) is 0 Å². The molecule has 1 atom stereocenters. The van der Waals surface area contributed by atoms with Crippen LogP contribution in [0.3, 0.4) is 0 Å². The van der Waals surface area contributed by atoms with Gasteiger partial charge in [0.2, 0.25) is 5.91 Å². The molecule has 1 heterocycles. The third kappa shape index (κ3) is 4.64. The molecule has 5 heteroatoms. The minimum absolute atomic E-state index is 0.0172. The lowest BCUT2D eigenvalue weighted by atomic mass is 10.1. The summed E-state index contributed by atoms with van der Waals surface area (Å²) in [4.78, 5) is 17.4. The van der Waals surface area contributed by atoms with E-state index >= 15 is 0 Å². The van der Waals surface area contributed by atoms with E-state index in [2.05, 4.69) is 23.5 Å². The fourth-order valence-corrected chi connectivity index (χ4v) is 2.10. The van der Waals surface area contributed by atoms with Crippen LogP contribution in [0, 0.1) is 0 Å². The lowest BCUT2D eigenvalue weighted by Gasteiger charge is -2.33. The molecule has 110 valence electrons. The predicted octanol–water partition coefficient (Wildman–Crippen LogP) is 2.56. The normalized spacial score (nSPS) is 20.6. The van der Waals surface area contributed by atoms with Gasteiger partial charge in [0.15, 0.2) is 11.7 Å². The van der Waals surface area contributed by atoms with E-state index in [1.54, 1.807) is 18.7 Å². The second-order valence-corrected chi connectivity index (χ2v) is 4.80. The highest BCUT2D eigenvalue weighted by molar-refractivity contribution is 5.97. The van der Waals surface area contributed by atoms with Gasteiger partial charge in [0.1, 0.15) is 0 Å². The second kappa shape index (κ2) is 7.62. The van der Waals surface area contributed by atoms with E-state index < -0.39 is 5.83 Å². The fraction of sp³-hybridized carbons (Fsp3) is 0.467. The Labute approximate surface area is 119 Å². The maximum Gasteiger partial charge on any atom is 0.246 e. The molecule has 0 aromatic rings. The summed E-state index contributed by atoms with van der Waals surface area (Å²) in [5.74, 6) is -0.334. The zero-order valence-corrected chi connectivity index (χ0v) is 12.2. The molecule has 0 bridgehead atoms. The number of nitrogens with zero attached hydrogens (tertiary/aromatic N) is 2. The van der Waals surface area contributed by atoms with E-state index in [-0.39, 0.29) is 17.8 Å². The summed E-state index contributed by atoms with van der Waals surface area (Å²) in [6, 6.07) is -0.0172. The van der Waals surface area contributed by atoms with Gasteiger partial charge in [-0.3, -0.25) is 4.79 Å². The Kier molecular flexibility index (Phi) is 6.15. The lowest BCUT2D eigenvalue weighted by Crippen LogP contribution is -2.49. The van der Waals surface area contributed by atoms with Gasteiger partial charge in [-0.15, -0.1) is 0 Å². The van der Waals surface area contributed by atoms with Crippen LogP contribution >= 0.6 is 0 Å². The quantitative estimate of drug-likeness (QED) is 0.488. The first-order chi connectivity index (χ1) is 9.47. The smallest absolute Gasteiger partial charge is 0.246 e. The number of rotatable bonds is 4. The Bertz CT molecular complexity index is 454. The van der Waals surface area contributed by atoms with E-state index in [0.717, 1.165) is 12.8 Å². The monoisotopic (exact) mass is 279 g/mol. The van der Waals surface area contributed by atoms with Crippen molar-refractivity contribution in [1.29, 1.82) is 0 Å². The maximum atomic E-state index is 13.8. The number of allylic oxidation sites excluding steroid dienone is 2. The molecule has 1 aliphatic rings. The van der Waals surface area contributed by atoms with Crippen LogP contribution in [0.4, 0.5) is 4.39 Å². The van der Waals surface area contributed by atoms with Crippen molar-refractivity contribution in [2.24, 2.45) is 4.99 Å². The Morgan fingerprint density at radius 3 is 2.80 bits per heavy atom.